The third-order valence-electron chi connectivity index (χ3n) is 3.85. The third-order valence-corrected chi connectivity index (χ3v) is 3.85. The highest BCUT2D eigenvalue weighted by Crippen LogP contribution is 2.26. The molecule has 3 aromatic rings. The van der Waals surface area contributed by atoms with Crippen LogP contribution in [-0.2, 0) is 6.54 Å². The summed E-state index contributed by atoms with van der Waals surface area (Å²) in [4.78, 5) is 12.4. The molecule has 0 N–H and O–H groups in total. The number of hydrogen-bond donors (Lipinski definition) is 0. The van der Waals surface area contributed by atoms with E-state index in [0.717, 1.165) is 22.2 Å². The van der Waals surface area contributed by atoms with Gasteiger partial charge >= 0.3 is 0 Å². The normalized spacial score (nSPS) is 10.7. The van der Waals surface area contributed by atoms with Crippen LogP contribution in [0.4, 0.5) is 0 Å². The summed E-state index contributed by atoms with van der Waals surface area (Å²) in [6.45, 7) is 2.82. The third kappa shape index (κ3) is 3.06. The van der Waals surface area contributed by atoms with Crippen molar-refractivity contribution < 1.29 is 9.47 Å². The van der Waals surface area contributed by atoms with Gasteiger partial charge in [0.2, 0.25) is 0 Å². The summed E-state index contributed by atoms with van der Waals surface area (Å²) in [5, 5.41) is 1.02. The zero-order valence-electron chi connectivity index (χ0n) is 13.3. The second kappa shape index (κ2) is 6.57. The Balaban J connectivity index is 1.95. The van der Waals surface area contributed by atoms with E-state index in [1.54, 1.807) is 17.7 Å². The van der Waals surface area contributed by atoms with Crippen molar-refractivity contribution in [3.05, 3.63) is 70.5 Å². The maximum atomic E-state index is 12.4. The summed E-state index contributed by atoms with van der Waals surface area (Å²) >= 11 is 0. The molecular weight excluding hydrogens is 290 g/mol. The molecule has 23 heavy (non-hydrogen) atoms. The number of aryl methyl sites for hydroxylation is 1. The van der Waals surface area contributed by atoms with E-state index in [2.05, 4.69) is 0 Å². The van der Waals surface area contributed by atoms with Crippen LogP contribution in [0.3, 0.4) is 0 Å². The van der Waals surface area contributed by atoms with E-state index in [9.17, 15) is 4.79 Å². The SMILES string of the molecule is COc1cccc2c(C)cc(=O)n(CCOc3ccccc3)c12. The molecule has 1 heterocycles. The van der Waals surface area contributed by atoms with E-state index in [1.807, 2.05) is 55.5 Å². The molecular formula is C19H19NO3. The van der Waals surface area contributed by atoms with Gasteiger partial charge in [-0.25, -0.2) is 0 Å². The van der Waals surface area contributed by atoms with Crippen LogP contribution in [0.2, 0.25) is 0 Å². The quantitative estimate of drug-likeness (QED) is 0.725. The summed E-state index contributed by atoms with van der Waals surface area (Å²) in [5.41, 5.74) is 1.72. The van der Waals surface area contributed by atoms with Crippen LogP contribution in [0.25, 0.3) is 10.9 Å². The summed E-state index contributed by atoms with van der Waals surface area (Å²) in [6.07, 6.45) is 0. The zero-order chi connectivity index (χ0) is 16.2. The van der Waals surface area contributed by atoms with Gasteiger partial charge in [-0.15, -0.1) is 0 Å². The molecule has 118 valence electrons. The van der Waals surface area contributed by atoms with Crippen molar-refractivity contribution in [2.75, 3.05) is 13.7 Å². The minimum Gasteiger partial charge on any atom is -0.495 e. The lowest BCUT2D eigenvalue weighted by Crippen LogP contribution is -2.23. The Morgan fingerprint density at radius 2 is 1.83 bits per heavy atom. The summed E-state index contributed by atoms with van der Waals surface area (Å²) in [7, 11) is 1.62. The number of para-hydroxylation sites is 2. The highest BCUT2D eigenvalue weighted by atomic mass is 16.5. The topological polar surface area (TPSA) is 40.5 Å². The van der Waals surface area contributed by atoms with Crippen LogP contribution in [0.15, 0.2) is 59.4 Å². The average molecular weight is 309 g/mol. The Labute approximate surface area is 134 Å². The molecule has 0 spiro atoms. The van der Waals surface area contributed by atoms with Crippen molar-refractivity contribution in [3.8, 4) is 11.5 Å². The van der Waals surface area contributed by atoms with Gasteiger partial charge in [-0.2, -0.15) is 0 Å². The Morgan fingerprint density at radius 1 is 1.04 bits per heavy atom. The van der Waals surface area contributed by atoms with Crippen LogP contribution in [0.1, 0.15) is 5.56 Å². The van der Waals surface area contributed by atoms with Gasteiger partial charge in [-0.1, -0.05) is 30.3 Å². The molecule has 4 heteroatoms. The van der Waals surface area contributed by atoms with Crippen molar-refractivity contribution in [1.29, 1.82) is 0 Å². The Bertz CT molecular complexity index is 869. The molecule has 0 aliphatic carbocycles. The number of hydrogen-bond acceptors (Lipinski definition) is 3. The lowest BCUT2D eigenvalue weighted by atomic mass is 10.1. The molecule has 4 nitrogen and oxygen atoms in total. The van der Waals surface area contributed by atoms with Crippen molar-refractivity contribution in [3.63, 3.8) is 0 Å². The van der Waals surface area contributed by atoms with E-state index >= 15 is 0 Å². The monoisotopic (exact) mass is 309 g/mol. The maximum absolute atomic E-state index is 12.4. The van der Waals surface area contributed by atoms with E-state index < -0.39 is 0 Å². The smallest absolute Gasteiger partial charge is 0.251 e. The molecule has 0 atom stereocenters. The van der Waals surface area contributed by atoms with Crippen LogP contribution in [-0.4, -0.2) is 18.3 Å². The molecule has 3 rings (SSSR count). The van der Waals surface area contributed by atoms with E-state index in [-0.39, 0.29) is 5.56 Å². The fourth-order valence-electron chi connectivity index (χ4n) is 2.73. The first kappa shape index (κ1) is 15.2. The first-order valence-corrected chi connectivity index (χ1v) is 7.55. The maximum Gasteiger partial charge on any atom is 0.251 e. The molecule has 0 radical (unpaired) electrons. The Morgan fingerprint density at radius 3 is 2.57 bits per heavy atom. The number of fused-ring (bicyclic) bond motifs is 1. The minimum absolute atomic E-state index is 0.0452. The van der Waals surface area contributed by atoms with Gasteiger partial charge in [-0.3, -0.25) is 4.79 Å². The fraction of sp³-hybridized carbons (Fsp3) is 0.211. The lowest BCUT2D eigenvalue weighted by Gasteiger charge is -2.15. The molecule has 2 aromatic carbocycles. The van der Waals surface area contributed by atoms with Crippen LogP contribution in [0.5, 0.6) is 11.5 Å². The largest absolute Gasteiger partial charge is 0.495 e. The number of aromatic nitrogens is 1. The molecule has 0 amide bonds. The second-order valence-corrected chi connectivity index (χ2v) is 5.34. The molecule has 0 aliphatic rings. The highest BCUT2D eigenvalue weighted by Gasteiger charge is 2.11. The molecule has 0 fully saturated rings. The lowest BCUT2D eigenvalue weighted by molar-refractivity contribution is 0.298. The van der Waals surface area contributed by atoms with Crippen molar-refractivity contribution in [2.45, 2.75) is 13.5 Å². The van der Waals surface area contributed by atoms with Crippen molar-refractivity contribution in [1.82, 2.24) is 4.57 Å². The first-order chi connectivity index (χ1) is 11.2. The van der Waals surface area contributed by atoms with Crippen LogP contribution in [0, 0.1) is 6.92 Å². The van der Waals surface area contributed by atoms with Gasteiger partial charge < -0.3 is 14.0 Å². The Kier molecular flexibility index (Phi) is 4.33. The molecule has 0 saturated heterocycles. The van der Waals surface area contributed by atoms with E-state index in [1.165, 1.54) is 0 Å². The zero-order valence-corrected chi connectivity index (χ0v) is 13.3. The number of ether oxygens (including phenoxy) is 2. The van der Waals surface area contributed by atoms with Crippen LogP contribution < -0.4 is 15.0 Å². The number of rotatable bonds is 5. The van der Waals surface area contributed by atoms with E-state index in [4.69, 9.17) is 9.47 Å². The van der Waals surface area contributed by atoms with Gasteiger partial charge in [0.1, 0.15) is 18.1 Å². The standard InChI is InChI=1S/C19H19NO3/c1-14-13-18(21)20(11-12-23-15-7-4-3-5-8-15)19-16(14)9-6-10-17(19)22-2/h3-10,13H,11-12H2,1-2H3. The number of benzene rings is 2. The van der Waals surface area contributed by atoms with Gasteiger partial charge in [0.15, 0.2) is 0 Å². The number of nitrogens with zero attached hydrogens (tertiary/aromatic N) is 1. The van der Waals surface area contributed by atoms with Gasteiger partial charge in [0, 0.05) is 11.5 Å². The predicted molar refractivity (Wildman–Crippen MR) is 91.4 cm³/mol. The first-order valence-electron chi connectivity index (χ1n) is 7.55. The molecule has 0 aliphatic heterocycles. The molecule has 1 aromatic heterocycles. The molecule has 0 unspecified atom stereocenters. The molecule has 0 bridgehead atoms. The summed E-state index contributed by atoms with van der Waals surface area (Å²) in [5.74, 6) is 1.49. The number of pyridine rings is 1. The van der Waals surface area contributed by atoms with Crippen molar-refractivity contribution in [2.24, 2.45) is 0 Å². The predicted octanol–water partition coefficient (Wildman–Crippen LogP) is 3.40. The van der Waals surface area contributed by atoms with Gasteiger partial charge in [0.25, 0.3) is 5.56 Å². The van der Waals surface area contributed by atoms with Crippen LogP contribution >= 0.6 is 0 Å². The second-order valence-electron chi connectivity index (χ2n) is 5.34. The Hall–Kier alpha value is -2.75. The average Bonchev–Trinajstić information content (AvgIpc) is 2.58. The number of methoxy groups -OCH3 is 1. The molecule has 0 saturated carbocycles. The summed E-state index contributed by atoms with van der Waals surface area (Å²) < 4.78 is 12.9. The van der Waals surface area contributed by atoms with Gasteiger partial charge in [-0.05, 0) is 30.7 Å². The fourth-order valence-corrected chi connectivity index (χ4v) is 2.73. The minimum atomic E-state index is -0.0452. The highest BCUT2D eigenvalue weighted by molar-refractivity contribution is 5.87. The van der Waals surface area contributed by atoms with Crippen molar-refractivity contribution >= 4 is 10.9 Å². The van der Waals surface area contributed by atoms with E-state index in [0.29, 0.717) is 18.9 Å². The van der Waals surface area contributed by atoms with Gasteiger partial charge in [0.05, 0.1) is 19.2 Å². The summed E-state index contributed by atoms with van der Waals surface area (Å²) in [6, 6.07) is 17.0.